The topological polar surface area (TPSA) is 98.5 Å². The number of halogens is 1. The highest BCUT2D eigenvalue weighted by Crippen LogP contribution is 2.32. The highest BCUT2D eigenvalue weighted by Gasteiger charge is 2.33. The minimum absolute atomic E-state index is 0. The third-order valence-corrected chi connectivity index (χ3v) is 4.90. The number of hydrogen-bond acceptors (Lipinski definition) is 5. The van der Waals surface area contributed by atoms with Gasteiger partial charge in [0.15, 0.2) is 0 Å². The number of rotatable bonds is 7. The fourth-order valence-corrected chi connectivity index (χ4v) is 3.76. The van der Waals surface area contributed by atoms with Crippen LogP contribution in [0.4, 0.5) is 0 Å². The third kappa shape index (κ3) is 4.95. The Bertz CT molecular complexity index is 617. The quantitative estimate of drug-likeness (QED) is 0.718. The summed E-state index contributed by atoms with van der Waals surface area (Å²) in [5.74, 6) is -0.472. The summed E-state index contributed by atoms with van der Waals surface area (Å²) in [6, 6.07) is 6.31. The molecule has 0 amide bonds. The van der Waals surface area contributed by atoms with E-state index in [1.807, 2.05) is 0 Å². The molecule has 6 nitrogen and oxygen atoms in total. The number of nitrogens with two attached hydrogens (primary N) is 1. The zero-order chi connectivity index (χ0) is 15.5. The number of hydrogen-bond donors (Lipinski definition) is 2. The molecule has 2 rings (SSSR count). The summed E-state index contributed by atoms with van der Waals surface area (Å²) in [4.78, 5) is 11.7. The summed E-state index contributed by atoms with van der Waals surface area (Å²) >= 11 is 0. The number of carbonyl (C=O) groups is 1. The van der Waals surface area contributed by atoms with E-state index in [0.717, 1.165) is 12.8 Å². The van der Waals surface area contributed by atoms with Crippen molar-refractivity contribution in [1.29, 1.82) is 0 Å². The molecular formula is C14H21ClN2O4S. The molecule has 1 atom stereocenters. The van der Waals surface area contributed by atoms with Crippen LogP contribution < -0.4 is 10.5 Å². The second-order valence-corrected chi connectivity index (χ2v) is 6.96. The SMILES string of the molecule is COC(=O)c1ccccc1CS(=O)(=O)NC(CN)C1CC1.Cl. The zero-order valence-electron chi connectivity index (χ0n) is 12.3. The number of benzene rings is 1. The lowest BCUT2D eigenvalue weighted by atomic mass is 10.1. The number of ether oxygens (including phenoxy) is 1. The van der Waals surface area contributed by atoms with Crippen molar-refractivity contribution < 1.29 is 17.9 Å². The van der Waals surface area contributed by atoms with Gasteiger partial charge in [0, 0.05) is 12.6 Å². The lowest BCUT2D eigenvalue weighted by Crippen LogP contribution is -2.42. The molecule has 0 heterocycles. The molecule has 0 bridgehead atoms. The minimum Gasteiger partial charge on any atom is -0.465 e. The second-order valence-electron chi connectivity index (χ2n) is 5.21. The summed E-state index contributed by atoms with van der Waals surface area (Å²) in [5, 5.41) is 0. The van der Waals surface area contributed by atoms with Crippen LogP contribution in [0.3, 0.4) is 0 Å². The Kier molecular flexibility index (Phi) is 6.80. The number of methoxy groups -OCH3 is 1. The molecule has 0 aromatic heterocycles. The summed E-state index contributed by atoms with van der Waals surface area (Å²) in [6.45, 7) is 0.280. The van der Waals surface area contributed by atoms with Crippen LogP contribution in [0.15, 0.2) is 24.3 Å². The van der Waals surface area contributed by atoms with E-state index in [1.54, 1.807) is 24.3 Å². The molecule has 1 unspecified atom stereocenters. The van der Waals surface area contributed by atoms with Crippen molar-refractivity contribution in [2.45, 2.75) is 24.6 Å². The van der Waals surface area contributed by atoms with Crippen molar-refractivity contribution in [3.05, 3.63) is 35.4 Å². The Morgan fingerprint density at radius 2 is 2.05 bits per heavy atom. The molecule has 22 heavy (non-hydrogen) atoms. The van der Waals surface area contributed by atoms with Crippen LogP contribution in [0, 0.1) is 5.92 Å². The van der Waals surface area contributed by atoms with Gasteiger partial charge < -0.3 is 10.5 Å². The molecule has 1 aromatic carbocycles. The molecule has 124 valence electrons. The number of carbonyl (C=O) groups excluding carboxylic acids is 1. The first-order chi connectivity index (χ1) is 9.96. The molecule has 0 radical (unpaired) electrons. The monoisotopic (exact) mass is 348 g/mol. The Balaban J connectivity index is 0.00000242. The van der Waals surface area contributed by atoms with Gasteiger partial charge in [0.05, 0.1) is 18.4 Å². The molecule has 0 saturated heterocycles. The summed E-state index contributed by atoms with van der Waals surface area (Å²) in [6.07, 6.45) is 2.01. The normalized spacial score (nSPS) is 15.7. The predicted molar refractivity (Wildman–Crippen MR) is 86.4 cm³/mol. The summed E-state index contributed by atoms with van der Waals surface area (Å²) < 4.78 is 31.8. The van der Waals surface area contributed by atoms with Crippen LogP contribution in [0.1, 0.15) is 28.8 Å². The Hall–Kier alpha value is -1.15. The maximum Gasteiger partial charge on any atom is 0.338 e. The molecule has 0 aliphatic heterocycles. The smallest absolute Gasteiger partial charge is 0.338 e. The fourth-order valence-electron chi connectivity index (χ4n) is 2.27. The first-order valence-corrected chi connectivity index (χ1v) is 8.48. The van der Waals surface area contributed by atoms with Crippen molar-refractivity contribution >= 4 is 28.4 Å². The first-order valence-electron chi connectivity index (χ1n) is 6.83. The lowest BCUT2D eigenvalue weighted by molar-refractivity contribution is 0.0600. The molecule has 1 aliphatic rings. The largest absolute Gasteiger partial charge is 0.465 e. The van der Waals surface area contributed by atoms with Crippen LogP contribution in [0.5, 0.6) is 0 Å². The van der Waals surface area contributed by atoms with Gasteiger partial charge in [0.25, 0.3) is 0 Å². The van der Waals surface area contributed by atoms with Crippen LogP contribution in [0.2, 0.25) is 0 Å². The van der Waals surface area contributed by atoms with E-state index in [1.165, 1.54) is 7.11 Å². The lowest BCUT2D eigenvalue weighted by Gasteiger charge is -2.16. The number of nitrogens with one attached hydrogen (secondary N) is 1. The summed E-state index contributed by atoms with van der Waals surface area (Å²) in [5.41, 5.74) is 6.30. The molecule has 1 saturated carbocycles. The van der Waals surface area contributed by atoms with Crippen molar-refractivity contribution in [2.75, 3.05) is 13.7 Å². The maximum atomic E-state index is 12.2. The maximum absolute atomic E-state index is 12.2. The average molecular weight is 349 g/mol. The summed E-state index contributed by atoms with van der Waals surface area (Å²) in [7, 11) is -2.29. The van der Waals surface area contributed by atoms with E-state index < -0.39 is 16.0 Å². The van der Waals surface area contributed by atoms with Crippen molar-refractivity contribution in [1.82, 2.24) is 4.72 Å². The van der Waals surface area contributed by atoms with Crippen LogP contribution in [0.25, 0.3) is 0 Å². The zero-order valence-corrected chi connectivity index (χ0v) is 14.0. The van der Waals surface area contributed by atoms with Crippen molar-refractivity contribution in [3.63, 3.8) is 0 Å². The van der Waals surface area contributed by atoms with Gasteiger partial charge in [-0.2, -0.15) is 0 Å². The van der Waals surface area contributed by atoms with Gasteiger partial charge in [-0.15, -0.1) is 12.4 Å². The second kappa shape index (κ2) is 7.92. The number of sulfonamides is 1. The standard InChI is InChI=1S/C14H20N2O4S.ClH/c1-20-14(17)12-5-3-2-4-11(12)9-21(18,19)16-13(8-15)10-6-7-10;/h2-5,10,13,16H,6-9,15H2,1H3;1H. The highest BCUT2D eigenvalue weighted by molar-refractivity contribution is 7.88. The van der Waals surface area contributed by atoms with Gasteiger partial charge in [0.2, 0.25) is 10.0 Å². The highest BCUT2D eigenvalue weighted by atomic mass is 35.5. The first kappa shape index (κ1) is 18.9. The van der Waals surface area contributed by atoms with Gasteiger partial charge in [-0.05, 0) is 30.4 Å². The van der Waals surface area contributed by atoms with E-state index in [0.29, 0.717) is 11.5 Å². The number of esters is 1. The van der Waals surface area contributed by atoms with E-state index in [9.17, 15) is 13.2 Å². The van der Waals surface area contributed by atoms with E-state index in [-0.39, 0.29) is 36.3 Å². The molecule has 8 heteroatoms. The van der Waals surface area contributed by atoms with Crippen molar-refractivity contribution in [3.8, 4) is 0 Å². The Morgan fingerprint density at radius 1 is 1.41 bits per heavy atom. The molecule has 1 aromatic rings. The van der Waals surface area contributed by atoms with Gasteiger partial charge in [-0.25, -0.2) is 17.9 Å². The Labute approximate surface area is 136 Å². The van der Waals surface area contributed by atoms with Crippen LogP contribution >= 0.6 is 12.4 Å². The fraction of sp³-hybridized carbons (Fsp3) is 0.500. The van der Waals surface area contributed by atoms with Gasteiger partial charge in [0.1, 0.15) is 0 Å². The Morgan fingerprint density at radius 3 is 2.59 bits per heavy atom. The van der Waals surface area contributed by atoms with Gasteiger partial charge in [-0.3, -0.25) is 0 Å². The van der Waals surface area contributed by atoms with Crippen molar-refractivity contribution in [2.24, 2.45) is 11.7 Å². The third-order valence-electron chi connectivity index (χ3n) is 3.54. The van der Waals surface area contributed by atoms with Gasteiger partial charge in [-0.1, -0.05) is 18.2 Å². The molecular weight excluding hydrogens is 328 g/mol. The van der Waals surface area contributed by atoms with E-state index in [2.05, 4.69) is 9.46 Å². The van der Waals surface area contributed by atoms with E-state index >= 15 is 0 Å². The minimum atomic E-state index is -3.55. The molecule has 3 N–H and O–H groups in total. The van der Waals surface area contributed by atoms with Crippen LogP contribution in [-0.4, -0.2) is 34.1 Å². The molecule has 1 fully saturated rings. The van der Waals surface area contributed by atoms with Gasteiger partial charge >= 0.3 is 5.97 Å². The molecule has 0 spiro atoms. The van der Waals surface area contributed by atoms with E-state index in [4.69, 9.17) is 5.73 Å². The molecule has 1 aliphatic carbocycles. The predicted octanol–water partition coefficient (Wildman–Crippen LogP) is 1.05. The van der Waals surface area contributed by atoms with Crippen LogP contribution in [-0.2, 0) is 20.5 Å². The average Bonchev–Trinajstić information content (AvgIpc) is 3.28.